The molecule has 0 aliphatic carbocycles. The number of benzene rings is 2. The van der Waals surface area contributed by atoms with Gasteiger partial charge in [0.1, 0.15) is 16.5 Å². The van der Waals surface area contributed by atoms with Gasteiger partial charge in [-0.1, -0.05) is 24.3 Å². The smallest absolute Gasteiger partial charge is 0.328 e. The number of hydrogen-bond acceptors (Lipinski definition) is 4. The number of halogens is 1. The van der Waals surface area contributed by atoms with Gasteiger partial charge in [0.05, 0.1) is 0 Å². The molecule has 3 aromatic rings. The van der Waals surface area contributed by atoms with E-state index in [-0.39, 0.29) is 11.5 Å². The molecule has 0 atom stereocenters. The Labute approximate surface area is 152 Å². The van der Waals surface area contributed by atoms with Gasteiger partial charge in [0.25, 0.3) is 5.91 Å². The van der Waals surface area contributed by atoms with Crippen LogP contribution in [0.2, 0.25) is 0 Å². The van der Waals surface area contributed by atoms with Gasteiger partial charge in [-0.25, -0.2) is 14.2 Å². The van der Waals surface area contributed by atoms with Crippen molar-refractivity contribution in [2.24, 2.45) is 0 Å². The first-order valence-corrected chi connectivity index (χ1v) is 8.43. The fourth-order valence-electron chi connectivity index (χ4n) is 2.21. The second-order valence-corrected chi connectivity index (χ2v) is 6.16. The molecule has 26 heavy (non-hydrogen) atoms. The lowest BCUT2D eigenvalue weighted by molar-refractivity contribution is -0.131. The fraction of sp³-hybridized carbons (Fsp3) is 0. The first-order chi connectivity index (χ1) is 12.5. The quantitative estimate of drug-likeness (QED) is 0.658. The number of anilines is 1. The van der Waals surface area contributed by atoms with Crippen molar-refractivity contribution < 1.29 is 19.1 Å². The van der Waals surface area contributed by atoms with E-state index >= 15 is 0 Å². The summed E-state index contributed by atoms with van der Waals surface area (Å²) in [5.74, 6) is -1.81. The molecule has 0 saturated heterocycles. The maximum Gasteiger partial charge on any atom is 0.328 e. The number of rotatable bonds is 5. The van der Waals surface area contributed by atoms with E-state index in [1.165, 1.54) is 29.5 Å². The lowest BCUT2D eigenvalue weighted by Crippen LogP contribution is -2.12. The van der Waals surface area contributed by atoms with Crippen LogP contribution in [-0.4, -0.2) is 22.0 Å². The van der Waals surface area contributed by atoms with E-state index < -0.39 is 11.9 Å². The lowest BCUT2D eigenvalue weighted by atomic mass is 10.2. The Kier molecular flexibility index (Phi) is 5.19. The summed E-state index contributed by atoms with van der Waals surface area (Å²) in [5.41, 5.74) is 1.99. The van der Waals surface area contributed by atoms with Crippen LogP contribution >= 0.6 is 11.3 Å². The van der Waals surface area contributed by atoms with Crippen molar-refractivity contribution >= 4 is 35.0 Å². The molecule has 0 saturated carbocycles. The number of nitrogens with zero attached hydrogens (tertiary/aromatic N) is 1. The molecule has 0 radical (unpaired) electrons. The second-order valence-electron chi connectivity index (χ2n) is 5.30. The number of carbonyl (C=O) groups is 2. The molecule has 7 heteroatoms. The van der Waals surface area contributed by atoms with Crippen LogP contribution in [0.5, 0.6) is 0 Å². The number of carbonyl (C=O) groups excluding carboxylic acids is 1. The van der Waals surface area contributed by atoms with Crippen molar-refractivity contribution in [1.82, 2.24) is 4.98 Å². The zero-order chi connectivity index (χ0) is 18.5. The summed E-state index contributed by atoms with van der Waals surface area (Å²) in [5, 5.41) is 13.5. The Morgan fingerprint density at radius 1 is 1.15 bits per heavy atom. The summed E-state index contributed by atoms with van der Waals surface area (Å²) in [6.45, 7) is 0. The summed E-state index contributed by atoms with van der Waals surface area (Å²) in [7, 11) is 0. The van der Waals surface area contributed by atoms with Crippen molar-refractivity contribution in [3.63, 3.8) is 0 Å². The van der Waals surface area contributed by atoms with Crippen LogP contribution in [0.1, 0.15) is 16.1 Å². The number of aliphatic carboxylic acids is 1. The molecule has 5 nitrogen and oxygen atoms in total. The van der Waals surface area contributed by atoms with Gasteiger partial charge in [-0.05, 0) is 35.9 Å². The summed E-state index contributed by atoms with van der Waals surface area (Å²) >= 11 is 1.25. The number of hydrogen-bond donors (Lipinski definition) is 2. The van der Waals surface area contributed by atoms with Gasteiger partial charge >= 0.3 is 5.97 Å². The molecule has 0 bridgehead atoms. The molecule has 0 aliphatic heterocycles. The SMILES string of the molecule is O=C(O)C=Cc1cccc(NC(=O)c2csc(-c3cccc(F)c3)n2)c1. The number of thiazole rings is 1. The Balaban J connectivity index is 1.75. The zero-order valence-corrected chi connectivity index (χ0v) is 14.2. The first kappa shape index (κ1) is 17.5. The van der Waals surface area contributed by atoms with E-state index in [1.807, 2.05) is 0 Å². The largest absolute Gasteiger partial charge is 0.478 e. The van der Waals surface area contributed by atoms with Crippen molar-refractivity contribution in [2.45, 2.75) is 0 Å². The number of carboxylic acids is 1. The molecule has 130 valence electrons. The van der Waals surface area contributed by atoms with Gasteiger partial charge < -0.3 is 10.4 Å². The highest BCUT2D eigenvalue weighted by Crippen LogP contribution is 2.24. The molecular formula is C19H13FN2O3S. The van der Waals surface area contributed by atoms with Gasteiger partial charge in [0.2, 0.25) is 0 Å². The van der Waals surface area contributed by atoms with Gasteiger partial charge in [-0.3, -0.25) is 4.79 Å². The van der Waals surface area contributed by atoms with Crippen LogP contribution in [0.25, 0.3) is 16.6 Å². The molecule has 0 aliphatic rings. The molecule has 0 fully saturated rings. The average molecular weight is 368 g/mol. The minimum Gasteiger partial charge on any atom is -0.478 e. The predicted molar refractivity (Wildman–Crippen MR) is 98.6 cm³/mol. The van der Waals surface area contributed by atoms with E-state index in [0.29, 0.717) is 21.8 Å². The van der Waals surface area contributed by atoms with E-state index in [1.54, 1.807) is 41.8 Å². The van der Waals surface area contributed by atoms with Crippen molar-refractivity contribution in [1.29, 1.82) is 0 Å². The van der Waals surface area contributed by atoms with Crippen molar-refractivity contribution in [3.05, 3.63) is 77.1 Å². The summed E-state index contributed by atoms with van der Waals surface area (Å²) in [6.07, 6.45) is 2.45. The van der Waals surface area contributed by atoms with Gasteiger partial charge in [0, 0.05) is 22.7 Å². The fourth-order valence-corrected chi connectivity index (χ4v) is 3.01. The van der Waals surface area contributed by atoms with Crippen LogP contribution in [0.3, 0.4) is 0 Å². The number of nitrogens with one attached hydrogen (secondary N) is 1. The minimum absolute atomic E-state index is 0.223. The van der Waals surface area contributed by atoms with Crippen LogP contribution in [0.4, 0.5) is 10.1 Å². The Morgan fingerprint density at radius 3 is 2.73 bits per heavy atom. The zero-order valence-electron chi connectivity index (χ0n) is 13.3. The standard InChI is InChI=1S/C19H13FN2O3S/c20-14-5-2-4-13(10-14)19-22-16(11-26-19)18(25)21-15-6-1-3-12(9-15)7-8-17(23)24/h1-11H,(H,21,25)(H,23,24). The molecule has 0 unspecified atom stereocenters. The van der Waals surface area contributed by atoms with E-state index in [9.17, 15) is 14.0 Å². The Hall–Kier alpha value is -3.32. The number of amides is 1. The van der Waals surface area contributed by atoms with E-state index in [2.05, 4.69) is 10.3 Å². The topological polar surface area (TPSA) is 79.3 Å². The van der Waals surface area contributed by atoms with Crippen molar-refractivity contribution in [2.75, 3.05) is 5.32 Å². The van der Waals surface area contributed by atoms with Gasteiger partial charge in [-0.2, -0.15) is 0 Å². The third kappa shape index (κ3) is 4.40. The first-order valence-electron chi connectivity index (χ1n) is 7.55. The predicted octanol–water partition coefficient (Wildman–Crippen LogP) is 4.30. The lowest BCUT2D eigenvalue weighted by Gasteiger charge is -2.04. The Bertz CT molecular complexity index is 998. The Morgan fingerprint density at radius 2 is 1.96 bits per heavy atom. The number of aromatic nitrogens is 1. The van der Waals surface area contributed by atoms with Crippen LogP contribution < -0.4 is 5.32 Å². The third-order valence-electron chi connectivity index (χ3n) is 3.37. The molecule has 2 aromatic carbocycles. The third-order valence-corrected chi connectivity index (χ3v) is 4.26. The molecule has 0 spiro atoms. The highest BCUT2D eigenvalue weighted by Gasteiger charge is 2.12. The van der Waals surface area contributed by atoms with Crippen molar-refractivity contribution in [3.8, 4) is 10.6 Å². The maximum atomic E-state index is 13.3. The molecular weight excluding hydrogens is 355 g/mol. The molecule has 1 heterocycles. The molecule has 1 aromatic heterocycles. The highest BCUT2D eigenvalue weighted by atomic mass is 32.1. The molecule has 3 rings (SSSR count). The summed E-state index contributed by atoms with van der Waals surface area (Å²) in [4.78, 5) is 27.2. The molecule has 2 N–H and O–H groups in total. The average Bonchev–Trinajstić information content (AvgIpc) is 3.11. The normalized spacial score (nSPS) is 10.8. The van der Waals surface area contributed by atoms with Crippen LogP contribution in [0, 0.1) is 5.82 Å². The van der Waals surface area contributed by atoms with Crippen LogP contribution in [0.15, 0.2) is 60.0 Å². The number of carboxylic acid groups (broad SMARTS) is 1. The molecule has 1 amide bonds. The minimum atomic E-state index is -1.05. The van der Waals surface area contributed by atoms with Gasteiger partial charge in [0.15, 0.2) is 0 Å². The van der Waals surface area contributed by atoms with Gasteiger partial charge in [-0.15, -0.1) is 11.3 Å². The highest BCUT2D eigenvalue weighted by molar-refractivity contribution is 7.13. The maximum absolute atomic E-state index is 13.3. The monoisotopic (exact) mass is 368 g/mol. The summed E-state index contributed by atoms with van der Waals surface area (Å²) in [6, 6.07) is 12.8. The van der Waals surface area contributed by atoms with E-state index in [0.717, 1.165) is 6.08 Å². The van der Waals surface area contributed by atoms with Crippen LogP contribution in [-0.2, 0) is 4.79 Å². The summed E-state index contributed by atoms with van der Waals surface area (Å²) < 4.78 is 13.3. The van der Waals surface area contributed by atoms with E-state index in [4.69, 9.17) is 5.11 Å². The second kappa shape index (κ2) is 7.71.